The zero-order valence-electron chi connectivity index (χ0n) is 20.6. The van der Waals surface area contributed by atoms with Crippen LogP contribution in [0.3, 0.4) is 0 Å². The van der Waals surface area contributed by atoms with E-state index < -0.39 is 0 Å². The third-order valence-electron chi connectivity index (χ3n) is 6.50. The normalized spacial score (nSPS) is 10.8. The minimum atomic E-state index is 0.929. The number of ether oxygens (including phenoxy) is 1. The molecule has 3 heteroatoms. The maximum atomic E-state index is 5.62. The number of rotatable bonds is 9. The highest BCUT2D eigenvalue weighted by Gasteiger charge is 2.06. The highest BCUT2D eigenvalue weighted by atomic mass is 16.5. The van der Waals surface area contributed by atoms with Crippen LogP contribution < -0.4 is 4.74 Å². The third kappa shape index (κ3) is 6.05. The SMILES string of the molecule is COc1cc(CCc2ccc(-c3ccccn3)cc2)cc(CCc2ccc(-c3ccccn3)cc2)c1. The molecule has 0 unspecified atom stereocenters. The standard InChI is InChI=1S/C33H30N2O/c1-36-31-23-27(10-8-25-12-16-29(17-13-25)32-6-2-4-20-34-32)22-28(24-31)11-9-26-14-18-30(19-15-26)33-7-3-5-21-35-33/h2-7,12-24H,8-11H2,1H3. The molecule has 0 fully saturated rings. The van der Waals surface area contributed by atoms with Crippen LogP contribution in [0.1, 0.15) is 22.3 Å². The number of methoxy groups -OCH3 is 1. The van der Waals surface area contributed by atoms with E-state index in [2.05, 4.69) is 76.7 Å². The van der Waals surface area contributed by atoms with Gasteiger partial charge in [-0.15, -0.1) is 0 Å². The van der Waals surface area contributed by atoms with Crippen LogP contribution in [0.5, 0.6) is 5.75 Å². The first-order chi connectivity index (χ1) is 17.8. The topological polar surface area (TPSA) is 35.0 Å². The van der Waals surface area contributed by atoms with Crippen LogP contribution in [-0.2, 0) is 25.7 Å². The summed E-state index contributed by atoms with van der Waals surface area (Å²) in [4.78, 5) is 8.88. The van der Waals surface area contributed by atoms with Crippen molar-refractivity contribution in [1.82, 2.24) is 9.97 Å². The monoisotopic (exact) mass is 470 g/mol. The average molecular weight is 471 g/mol. The Morgan fingerprint density at radius 2 is 0.944 bits per heavy atom. The zero-order valence-corrected chi connectivity index (χ0v) is 20.6. The average Bonchev–Trinajstić information content (AvgIpc) is 2.96. The summed E-state index contributed by atoms with van der Waals surface area (Å²) in [6.45, 7) is 0. The van der Waals surface area contributed by atoms with Crippen molar-refractivity contribution in [2.24, 2.45) is 0 Å². The molecule has 0 atom stereocenters. The maximum absolute atomic E-state index is 5.62. The van der Waals surface area contributed by atoms with Crippen molar-refractivity contribution in [3.8, 4) is 28.3 Å². The van der Waals surface area contributed by atoms with Gasteiger partial charge in [-0.1, -0.05) is 66.7 Å². The summed E-state index contributed by atoms with van der Waals surface area (Å²) in [6, 6.07) is 36.1. The first-order valence-corrected chi connectivity index (χ1v) is 12.4. The number of pyridine rings is 2. The fourth-order valence-corrected chi connectivity index (χ4v) is 4.46. The largest absolute Gasteiger partial charge is 0.497 e. The second-order valence-corrected chi connectivity index (χ2v) is 9.01. The number of aromatic nitrogens is 2. The van der Waals surface area contributed by atoms with Crippen LogP contribution in [0.4, 0.5) is 0 Å². The lowest BCUT2D eigenvalue weighted by molar-refractivity contribution is 0.413. The lowest BCUT2D eigenvalue weighted by Crippen LogP contribution is -1.97. The fraction of sp³-hybridized carbons (Fsp3) is 0.152. The van der Waals surface area contributed by atoms with Crippen molar-refractivity contribution in [2.75, 3.05) is 7.11 Å². The van der Waals surface area contributed by atoms with Gasteiger partial charge in [0.15, 0.2) is 0 Å². The van der Waals surface area contributed by atoms with Crippen molar-refractivity contribution in [1.29, 1.82) is 0 Å². The smallest absolute Gasteiger partial charge is 0.119 e. The molecule has 0 saturated heterocycles. The fourth-order valence-electron chi connectivity index (χ4n) is 4.46. The van der Waals surface area contributed by atoms with E-state index in [0.717, 1.165) is 53.9 Å². The number of benzene rings is 3. The quantitative estimate of drug-likeness (QED) is 0.225. The Morgan fingerprint density at radius 3 is 1.33 bits per heavy atom. The molecule has 0 N–H and O–H groups in total. The van der Waals surface area contributed by atoms with E-state index in [1.165, 1.54) is 22.3 Å². The van der Waals surface area contributed by atoms with Crippen molar-refractivity contribution in [3.63, 3.8) is 0 Å². The van der Waals surface area contributed by atoms with Crippen LogP contribution in [0.25, 0.3) is 22.5 Å². The Morgan fingerprint density at radius 1 is 0.500 bits per heavy atom. The number of aryl methyl sites for hydroxylation is 4. The summed E-state index contributed by atoms with van der Waals surface area (Å²) in [6.07, 6.45) is 7.60. The van der Waals surface area contributed by atoms with Crippen LogP contribution in [-0.4, -0.2) is 17.1 Å². The molecule has 36 heavy (non-hydrogen) atoms. The molecule has 0 amide bonds. The molecule has 3 aromatic carbocycles. The van der Waals surface area contributed by atoms with Gasteiger partial charge in [0.05, 0.1) is 18.5 Å². The molecule has 5 rings (SSSR count). The Labute approximate surface area is 213 Å². The molecule has 2 aromatic heterocycles. The van der Waals surface area contributed by atoms with Gasteiger partial charge in [-0.25, -0.2) is 0 Å². The van der Waals surface area contributed by atoms with Crippen LogP contribution in [0, 0.1) is 0 Å². The predicted molar refractivity (Wildman–Crippen MR) is 147 cm³/mol. The molecule has 0 saturated carbocycles. The molecule has 0 aliphatic rings. The van der Waals surface area contributed by atoms with E-state index in [-0.39, 0.29) is 0 Å². The van der Waals surface area contributed by atoms with Crippen molar-refractivity contribution >= 4 is 0 Å². The predicted octanol–water partition coefficient (Wildman–Crippen LogP) is 7.39. The van der Waals surface area contributed by atoms with Crippen molar-refractivity contribution in [2.45, 2.75) is 25.7 Å². The molecule has 0 radical (unpaired) electrons. The van der Waals surface area contributed by atoms with Gasteiger partial charge < -0.3 is 4.74 Å². The van der Waals surface area contributed by atoms with Gasteiger partial charge >= 0.3 is 0 Å². The molecule has 178 valence electrons. The molecule has 0 aliphatic carbocycles. The lowest BCUT2D eigenvalue weighted by atomic mass is 9.97. The first-order valence-electron chi connectivity index (χ1n) is 12.4. The molecule has 0 bridgehead atoms. The van der Waals surface area contributed by atoms with Gasteiger partial charge in [-0.3, -0.25) is 9.97 Å². The van der Waals surface area contributed by atoms with Crippen LogP contribution in [0.2, 0.25) is 0 Å². The number of hydrogen-bond donors (Lipinski definition) is 0. The Kier molecular flexibility index (Phi) is 7.48. The highest BCUT2D eigenvalue weighted by molar-refractivity contribution is 5.59. The summed E-state index contributed by atoms with van der Waals surface area (Å²) in [7, 11) is 1.75. The third-order valence-corrected chi connectivity index (χ3v) is 6.50. The van der Waals surface area contributed by atoms with Gasteiger partial charge in [0.1, 0.15) is 5.75 Å². The lowest BCUT2D eigenvalue weighted by Gasteiger charge is -2.10. The Hall–Kier alpha value is -4.24. The Balaban J connectivity index is 1.21. The van der Waals surface area contributed by atoms with Gasteiger partial charge in [-0.2, -0.15) is 0 Å². The zero-order chi connectivity index (χ0) is 24.6. The van der Waals surface area contributed by atoms with Crippen LogP contribution in [0.15, 0.2) is 116 Å². The molecule has 2 heterocycles. The Bertz CT molecular complexity index is 1270. The van der Waals surface area contributed by atoms with Crippen molar-refractivity contribution in [3.05, 3.63) is 138 Å². The second kappa shape index (κ2) is 11.5. The summed E-state index contributed by atoms with van der Waals surface area (Å²) in [5.74, 6) is 0.929. The summed E-state index contributed by atoms with van der Waals surface area (Å²) < 4.78 is 5.62. The molecule has 5 aromatic rings. The minimum Gasteiger partial charge on any atom is -0.497 e. The number of nitrogens with zero attached hydrogens (tertiary/aromatic N) is 2. The second-order valence-electron chi connectivity index (χ2n) is 9.01. The molecule has 0 aliphatic heterocycles. The minimum absolute atomic E-state index is 0.929. The highest BCUT2D eigenvalue weighted by Crippen LogP contribution is 2.23. The van der Waals surface area contributed by atoms with E-state index in [1.807, 2.05) is 48.8 Å². The van der Waals surface area contributed by atoms with E-state index in [0.29, 0.717) is 0 Å². The van der Waals surface area contributed by atoms with Crippen LogP contribution >= 0.6 is 0 Å². The summed E-state index contributed by atoms with van der Waals surface area (Å²) >= 11 is 0. The van der Waals surface area contributed by atoms with E-state index in [9.17, 15) is 0 Å². The van der Waals surface area contributed by atoms with E-state index in [1.54, 1.807) is 7.11 Å². The molecular formula is C33H30N2O. The first kappa shape index (κ1) is 23.5. The molecule has 3 nitrogen and oxygen atoms in total. The van der Waals surface area contributed by atoms with E-state index >= 15 is 0 Å². The van der Waals surface area contributed by atoms with Gasteiger partial charge in [-0.05, 0) is 84.3 Å². The van der Waals surface area contributed by atoms with Gasteiger partial charge in [0.25, 0.3) is 0 Å². The maximum Gasteiger partial charge on any atom is 0.119 e. The summed E-state index contributed by atoms with van der Waals surface area (Å²) in [5.41, 5.74) is 9.58. The van der Waals surface area contributed by atoms with Gasteiger partial charge in [0.2, 0.25) is 0 Å². The van der Waals surface area contributed by atoms with Crippen molar-refractivity contribution < 1.29 is 4.74 Å². The molecule has 0 spiro atoms. The summed E-state index contributed by atoms with van der Waals surface area (Å²) in [5, 5.41) is 0. The van der Waals surface area contributed by atoms with Gasteiger partial charge in [0, 0.05) is 23.5 Å². The van der Waals surface area contributed by atoms with E-state index in [4.69, 9.17) is 4.74 Å². The molecular weight excluding hydrogens is 440 g/mol. The number of hydrogen-bond acceptors (Lipinski definition) is 3.